The second-order valence-electron chi connectivity index (χ2n) is 6.75. The van der Waals surface area contributed by atoms with Gasteiger partial charge in [-0.2, -0.15) is 5.10 Å². The molecule has 6 nitrogen and oxygen atoms in total. The van der Waals surface area contributed by atoms with Crippen molar-refractivity contribution in [3.8, 4) is 0 Å². The van der Waals surface area contributed by atoms with Crippen molar-refractivity contribution in [3.05, 3.63) is 51.6 Å². The highest BCUT2D eigenvalue weighted by Crippen LogP contribution is 2.26. The van der Waals surface area contributed by atoms with Gasteiger partial charge >= 0.3 is 0 Å². The Morgan fingerprint density at radius 3 is 2.46 bits per heavy atom. The maximum Gasteiger partial charge on any atom is 0.271 e. The molecule has 130 valence electrons. The molecule has 1 aromatic carbocycles. The topological polar surface area (TPSA) is 84.6 Å². The van der Waals surface area contributed by atoms with Crippen LogP contribution in [0.4, 0.5) is 5.69 Å². The summed E-state index contributed by atoms with van der Waals surface area (Å²) in [6, 6.07) is 5.41. The maximum atomic E-state index is 11.9. The Kier molecular flexibility index (Phi) is 7.30. The second kappa shape index (κ2) is 8.96. The number of hydrogen-bond acceptors (Lipinski definition) is 4. The first-order chi connectivity index (χ1) is 11.2. The molecule has 0 spiro atoms. The number of nitro groups is 1. The van der Waals surface area contributed by atoms with E-state index in [9.17, 15) is 14.9 Å². The van der Waals surface area contributed by atoms with Gasteiger partial charge in [0, 0.05) is 23.9 Å². The molecule has 24 heavy (non-hydrogen) atoms. The molecule has 1 rings (SSSR count). The minimum Gasteiger partial charge on any atom is -0.267 e. The molecule has 0 saturated carbocycles. The first-order valence-electron chi connectivity index (χ1n) is 7.91. The van der Waals surface area contributed by atoms with Crippen molar-refractivity contribution in [2.24, 2.45) is 10.5 Å². The Morgan fingerprint density at radius 2 is 1.92 bits per heavy atom. The maximum absolute atomic E-state index is 11.9. The highest BCUT2D eigenvalue weighted by atomic mass is 16.6. The number of hydrogen-bond donors (Lipinski definition) is 1. The summed E-state index contributed by atoms with van der Waals surface area (Å²) < 4.78 is 0. The van der Waals surface area contributed by atoms with Crippen LogP contribution in [0.1, 0.15) is 57.3 Å². The number of nitrogens with one attached hydrogen (secondary N) is 1. The number of nitrogens with zero attached hydrogens (tertiary/aromatic N) is 2. The number of allylic oxidation sites excluding steroid dienone is 2. The highest BCUT2D eigenvalue weighted by molar-refractivity contribution is 5.94. The molecule has 1 amide bonds. The van der Waals surface area contributed by atoms with Crippen LogP contribution in [0.3, 0.4) is 0 Å². The summed E-state index contributed by atoms with van der Waals surface area (Å²) in [7, 11) is 0. The number of carbonyl (C=O) groups excluding carboxylic acids is 1. The third-order valence-corrected chi connectivity index (χ3v) is 3.62. The van der Waals surface area contributed by atoms with Crippen LogP contribution in [0.15, 0.2) is 41.0 Å². The molecule has 0 aromatic heterocycles. The molecule has 0 aliphatic heterocycles. The number of rotatable bonds is 8. The number of benzene rings is 1. The number of non-ortho nitro benzene ring substituents is 1. The average molecular weight is 331 g/mol. The summed E-state index contributed by atoms with van der Waals surface area (Å²) in [6.45, 7) is 8.50. The Hall–Kier alpha value is -2.50. The lowest BCUT2D eigenvalue weighted by Gasteiger charge is -2.21. The minimum absolute atomic E-state index is 0.0480. The van der Waals surface area contributed by atoms with Crippen molar-refractivity contribution in [2.45, 2.75) is 47.0 Å². The summed E-state index contributed by atoms with van der Waals surface area (Å²) >= 11 is 0. The van der Waals surface area contributed by atoms with Gasteiger partial charge in [-0.1, -0.05) is 25.5 Å². The molecule has 0 unspecified atom stereocenters. The lowest BCUT2D eigenvalue weighted by molar-refractivity contribution is -0.384. The van der Waals surface area contributed by atoms with Gasteiger partial charge in [-0.25, -0.2) is 5.43 Å². The van der Waals surface area contributed by atoms with Gasteiger partial charge in [0.2, 0.25) is 0 Å². The zero-order chi connectivity index (χ0) is 18.2. The van der Waals surface area contributed by atoms with Gasteiger partial charge < -0.3 is 0 Å². The van der Waals surface area contributed by atoms with Gasteiger partial charge in [-0.15, -0.1) is 0 Å². The van der Waals surface area contributed by atoms with Gasteiger partial charge in [0.25, 0.3) is 11.6 Å². The fourth-order valence-electron chi connectivity index (χ4n) is 2.05. The van der Waals surface area contributed by atoms with E-state index in [1.54, 1.807) is 6.21 Å². The van der Waals surface area contributed by atoms with E-state index in [4.69, 9.17) is 0 Å². The molecule has 0 atom stereocenters. The molecular formula is C18H25N3O3. The van der Waals surface area contributed by atoms with Gasteiger partial charge in [0.1, 0.15) is 0 Å². The first-order valence-corrected chi connectivity index (χ1v) is 7.91. The van der Waals surface area contributed by atoms with E-state index in [1.807, 2.05) is 0 Å². The van der Waals surface area contributed by atoms with Crippen LogP contribution in [0.5, 0.6) is 0 Å². The van der Waals surface area contributed by atoms with Crippen LogP contribution >= 0.6 is 0 Å². The van der Waals surface area contributed by atoms with Crippen molar-refractivity contribution in [2.75, 3.05) is 0 Å². The number of nitro benzene ring substituents is 1. The standard InChI is InChI=1S/C18H25N3O3/c1-14(2)6-5-11-18(3,4)12-13-19-20-17(22)15-7-9-16(10-8-15)21(23)24/h6-10,13H,5,11-12H2,1-4H3,(H,20,22). The van der Waals surface area contributed by atoms with Crippen molar-refractivity contribution in [1.29, 1.82) is 0 Å². The molecule has 0 heterocycles. The third-order valence-electron chi connectivity index (χ3n) is 3.62. The normalized spacial score (nSPS) is 11.3. The summed E-state index contributed by atoms with van der Waals surface area (Å²) in [5, 5.41) is 14.5. The Balaban J connectivity index is 2.47. The summed E-state index contributed by atoms with van der Waals surface area (Å²) in [6.07, 6.45) is 6.74. The predicted molar refractivity (Wildman–Crippen MR) is 96.1 cm³/mol. The van der Waals surface area contributed by atoms with Crippen molar-refractivity contribution in [1.82, 2.24) is 5.43 Å². The highest BCUT2D eigenvalue weighted by Gasteiger charge is 2.15. The van der Waals surface area contributed by atoms with Crippen molar-refractivity contribution < 1.29 is 9.72 Å². The smallest absolute Gasteiger partial charge is 0.267 e. The van der Waals surface area contributed by atoms with Gasteiger partial charge in [-0.3, -0.25) is 14.9 Å². The largest absolute Gasteiger partial charge is 0.271 e. The quantitative estimate of drug-likeness (QED) is 0.330. The number of carbonyl (C=O) groups is 1. The van der Waals surface area contributed by atoms with Crippen molar-refractivity contribution in [3.63, 3.8) is 0 Å². The van der Waals surface area contributed by atoms with Crippen LogP contribution in [-0.2, 0) is 0 Å². The van der Waals surface area contributed by atoms with E-state index in [0.717, 1.165) is 19.3 Å². The third kappa shape index (κ3) is 7.17. The van der Waals surface area contributed by atoms with Gasteiger partial charge in [-0.05, 0) is 50.7 Å². The predicted octanol–water partition coefficient (Wildman–Crippen LogP) is 4.47. The summed E-state index contributed by atoms with van der Waals surface area (Å²) in [5.74, 6) is -0.386. The van der Waals surface area contributed by atoms with Gasteiger partial charge in [0.15, 0.2) is 0 Å². The van der Waals surface area contributed by atoms with Crippen LogP contribution in [0, 0.1) is 15.5 Å². The molecule has 6 heteroatoms. The fourth-order valence-corrected chi connectivity index (χ4v) is 2.05. The molecule has 0 radical (unpaired) electrons. The first kappa shape index (κ1) is 19.5. The van der Waals surface area contributed by atoms with E-state index >= 15 is 0 Å². The Morgan fingerprint density at radius 1 is 1.29 bits per heavy atom. The van der Waals surface area contributed by atoms with Crippen LogP contribution in [0.25, 0.3) is 0 Å². The lowest BCUT2D eigenvalue weighted by Crippen LogP contribution is -2.18. The molecule has 1 N–H and O–H groups in total. The molecule has 0 aliphatic rings. The van der Waals surface area contributed by atoms with E-state index in [1.165, 1.54) is 29.8 Å². The molecule has 0 bridgehead atoms. The van der Waals surface area contributed by atoms with Crippen LogP contribution < -0.4 is 5.43 Å². The van der Waals surface area contributed by atoms with E-state index in [-0.39, 0.29) is 17.0 Å². The monoisotopic (exact) mass is 331 g/mol. The molecule has 0 saturated heterocycles. The van der Waals surface area contributed by atoms with E-state index in [0.29, 0.717) is 5.56 Å². The summed E-state index contributed by atoms with van der Waals surface area (Å²) in [5.41, 5.74) is 4.15. The minimum atomic E-state index is -0.503. The van der Waals surface area contributed by atoms with Gasteiger partial charge in [0.05, 0.1) is 4.92 Å². The zero-order valence-corrected chi connectivity index (χ0v) is 14.7. The molecule has 1 aromatic rings. The molecular weight excluding hydrogens is 306 g/mol. The molecule has 0 aliphatic carbocycles. The lowest BCUT2D eigenvalue weighted by atomic mass is 9.85. The zero-order valence-electron chi connectivity index (χ0n) is 14.7. The Bertz CT molecular complexity index is 627. The molecule has 0 fully saturated rings. The SMILES string of the molecule is CC(C)=CCCC(C)(C)CC=NNC(=O)c1ccc([N+](=O)[O-])cc1. The fraction of sp³-hybridized carbons (Fsp3) is 0.444. The number of hydrazone groups is 1. The summed E-state index contributed by atoms with van der Waals surface area (Å²) in [4.78, 5) is 22.0. The average Bonchev–Trinajstić information content (AvgIpc) is 2.51. The van der Waals surface area contributed by atoms with E-state index < -0.39 is 4.92 Å². The Labute approximate surface area is 142 Å². The van der Waals surface area contributed by atoms with E-state index in [2.05, 4.69) is 44.3 Å². The van der Waals surface area contributed by atoms with Crippen LogP contribution in [0.2, 0.25) is 0 Å². The second-order valence-corrected chi connectivity index (χ2v) is 6.75. The number of amides is 1. The van der Waals surface area contributed by atoms with Crippen LogP contribution in [-0.4, -0.2) is 17.0 Å². The van der Waals surface area contributed by atoms with Crippen molar-refractivity contribution >= 4 is 17.8 Å².